The zero-order valence-corrected chi connectivity index (χ0v) is 12.4. The second-order valence-corrected chi connectivity index (χ2v) is 5.82. The zero-order valence-electron chi connectivity index (χ0n) is 12.4. The summed E-state index contributed by atoms with van der Waals surface area (Å²) in [6.07, 6.45) is 5.53. The molecule has 1 fully saturated rings. The third-order valence-corrected chi connectivity index (χ3v) is 4.16. The lowest BCUT2D eigenvalue weighted by atomic mass is 9.95. The number of hydrogen-bond donors (Lipinski definition) is 2. The van der Waals surface area contributed by atoms with Crippen molar-refractivity contribution in [1.82, 2.24) is 5.32 Å². The molecule has 1 saturated carbocycles. The minimum absolute atomic E-state index is 0.0174. The highest BCUT2D eigenvalue weighted by molar-refractivity contribution is 6.02. The highest BCUT2D eigenvalue weighted by atomic mass is 16.5. The Morgan fingerprint density at radius 2 is 2.09 bits per heavy atom. The average Bonchev–Trinajstić information content (AvgIpc) is 2.51. The van der Waals surface area contributed by atoms with E-state index in [1.54, 1.807) is 6.07 Å². The summed E-state index contributed by atoms with van der Waals surface area (Å²) >= 11 is 0. The van der Waals surface area contributed by atoms with E-state index >= 15 is 0 Å². The normalized spacial score (nSPS) is 18.5. The van der Waals surface area contributed by atoms with Crippen LogP contribution in [0.15, 0.2) is 18.2 Å². The lowest BCUT2D eigenvalue weighted by Crippen LogP contribution is -2.47. The summed E-state index contributed by atoms with van der Waals surface area (Å²) in [7, 11) is 0. The number of hydrogen-bond acceptors (Lipinski definition) is 4. The number of ether oxygens (including phenoxy) is 1. The van der Waals surface area contributed by atoms with E-state index in [1.807, 2.05) is 0 Å². The van der Waals surface area contributed by atoms with Gasteiger partial charge in [-0.2, -0.15) is 0 Å². The predicted octanol–water partition coefficient (Wildman–Crippen LogP) is 1.57. The highest BCUT2D eigenvalue weighted by Gasteiger charge is 2.28. The van der Waals surface area contributed by atoms with E-state index in [0.717, 1.165) is 25.7 Å². The number of nitrogens with zero attached hydrogens (tertiary/aromatic N) is 1. The van der Waals surface area contributed by atoms with Crippen molar-refractivity contribution in [3.8, 4) is 11.5 Å². The molecule has 1 aromatic rings. The Labute approximate surface area is 129 Å². The van der Waals surface area contributed by atoms with Gasteiger partial charge in [0, 0.05) is 12.1 Å². The number of nitrogens with one attached hydrogen (secondary N) is 1. The van der Waals surface area contributed by atoms with Crippen LogP contribution in [0.3, 0.4) is 0 Å². The molecule has 0 atom stereocenters. The van der Waals surface area contributed by atoms with Gasteiger partial charge in [0.05, 0.1) is 5.69 Å². The second kappa shape index (κ2) is 6.25. The number of fused-ring (bicyclic) bond motifs is 1. The van der Waals surface area contributed by atoms with Crippen LogP contribution in [-0.2, 0) is 9.59 Å². The Balaban J connectivity index is 1.68. The van der Waals surface area contributed by atoms with Crippen LogP contribution in [0.5, 0.6) is 11.5 Å². The molecule has 0 spiro atoms. The van der Waals surface area contributed by atoms with Crippen molar-refractivity contribution in [3.63, 3.8) is 0 Å². The maximum Gasteiger partial charge on any atom is 0.265 e. The number of carbonyl (C=O) groups excluding carboxylic acids is 2. The van der Waals surface area contributed by atoms with Crippen LogP contribution in [0, 0.1) is 0 Å². The number of aromatic hydroxyl groups is 1. The minimum atomic E-state index is -0.253. The molecule has 0 bridgehead atoms. The second-order valence-electron chi connectivity index (χ2n) is 5.82. The molecule has 0 saturated heterocycles. The number of phenolic OH excluding ortho intramolecular Hbond substituents is 1. The molecule has 1 aromatic carbocycles. The van der Waals surface area contributed by atoms with Gasteiger partial charge in [-0.15, -0.1) is 0 Å². The van der Waals surface area contributed by atoms with Crippen LogP contribution in [-0.4, -0.2) is 36.1 Å². The monoisotopic (exact) mass is 304 g/mol. The first-order chi connectivity index (χ1) is 10.6. The van der Waals surface area contributed by atoms with E-state index in [9.17, 15) is 14.7 Å². The van der Waals surface area contributed by atoms with Gasteiger partial charge in [-0.05, 0) is 25.0 Å². The number of carbonyl (C=O) groups is 2. The Kier molecular flexibility index (Phi) is 4.18. The van der Waals surface area contributed by atoms with Crippen molar-refractivity contribution in [2.45, 2.75) is 38.1 Å². The molecule has 1 aliphatic carbocycles. The maximum atomic E-state index is 12.2. The van der Waals surface area contributed by atoms with Gasteiger partial charge >= 0.3 is 0 Å². The number of benzene rings is 1. The van der Waals surface area contributed by atoms with Crippen molar-refractivity contribution in [3.05, 3.63) is 18.2 Å². The highest BCUT2D eigenvalue weighted by Crippen LogP contribution is 2.34. The SMILES string of the molecule is O=C(CN1C(=O)COc2cc(O)ccc21)NC1CCCCC1. The molecule has 6 heteroatoms. The molecule has 0 radical (unpaired) electrons. The van der Waals surface area contributed by atoms with Crippen LogP contribution in [0.4, 0.5) is 5.69 Å². The molecule has 3 rings (SSSR count). The first kappa shape index (κ1) is 14.7. The molecule has 6 nitrogen and oxygen atoms in total. The van der Waals surface area contributed by atoms with Gasteiger partial charge < -0.3 is 15.2 Å². The molecule has 0 unspecified atom stereocenters. The van der Waals surface area contributed by atoms with E-state index in [1.165, 1.54) is 23.5 Å². The van der Waals surface area contributed by atoms with Crippen molar-refractivity contribution in [1.29, 1.82) is 0 Å². The van der Waals surface area contributed by atoms with E-state index < -0.39 is 0 Å². The fourth-order valence-electron chi connectivity index (χ4n) is 3.03. The Hall–Kier alpha value is -2.24. The molecule has 0 aromatic heterocycles. The number of phenols is 1. The zero-order chi connectivity index (χ0) is 15.5. The lowest BCUT2D eigenvalue weighted by molar-refractivity contribution is -0.125. The van der Waals surface area contributed by atoms with E-state index in [4.69, 9.17) is 4.74 Å². The summed E-state index contributed by atoms with van der Waals surface area (Å²) in [6.45, 7) is -0.135. The third kappa shape index (κ3) is 3.16. The van der Waals surface area contributed by atoms with E-state index in [0.29, 0.717) is 11.4 Å². The van der Waals surface area contributed by atoms with Crippen LogP contribution in [0.25, 0.3) is 0 Å². The quantitative estimate of drug-likeness (QED) is 0.888. The van der Waals surface area contributed by atoms with Crippen molar-refractivity contribution >= 4 is 17.5 Å². The van der Waals surface area contributed by atoms with Gasteiger partial charge in [-0.3, -0.25) is 14.5 Å². The third-order valence-electron chi connectivity index (χ3n) is 4.16. The Morgan fingerprint density at radius 3 is 2.86 bits per heavy atom. The molecule has 1 aliphatic heterocycles. The molecule has 2 aliphatic rings. The number of rotatable bonds is 3. The largest absolute Gasteiger partial charge is 0.508 e. The van der Waals surface area contributed by atoms with E-state index in [-0.39, 0.29) is 36.8 Å². The van der Waals surface area contributed by atoms with E-state index in [2.05, 4.69) is 5.32 Å². The van der Waals surface area contributed by atoms with Crippen LogP contribution < -0.4 is 15.0 Å². The summed E-state index contributed by atoms with van der Waals surface area (Å²) in [5.74, 6) is 0.0860. The lowest BCUT2D eigenvalue weighted by Gasteiger charge is -2.30. The first-order valence-corrected chi connectivity index (χ1v) is 7.69. The smallest absolute Gasteiger partial charge is 0.265 e. The fraction of sp³-hybridized carbons (Fsp3) is 0.500. The van der Waals surface area contributed by atoms with Gasteiger partial charge in [0.1, 0.15) is 18.0 Å². The molecule has 2 N–H and O–H groups in total. The van der Waals surface area contributed by atoms with Gasteiger partial charge in [-0.25, -0.2) is 0 Å². The van der Waals surface area contributed by atoms with Gasteiger partial charge in [0.25, 0.3) is 5.91 Å². The standard InChI is InChI=1S/C16H20N2O4/c19-12-6-7-13-14(8-12)22-10-16(21)18(13)9-15(20)17-11-4-2-1-3-5-11/h6-8,11,19H,1-5,9-10H2,(H,17,20). The van der Waals surface area contributed by atoms with Gasteiger partial charge in [0.2, 0.25) is 5.91 Å². The van der Waals surface area contributed by atoms with Gasteiger partial charge in [-0.1, -0.05) is 19.3 Å². The summed E-state index contributed by atoms with van der Waals surface area (Å²) in [6, 6.07) is 4.74. The van der Waals surface area contributed by atoms with Crippen molar-refractivity contribution < 1.29 is 19.4 Å². The topological polar surface area (TPSA) is 78.9 Å². The fourth-order valence-corrected chi connectivity index (χ4v) is 3.03. The molecule has 1 heterocycles. The maximum absolute atomic E-state index is 12.2. The summed E-state index contributed by atoms with van der Waals surface area (Å²) in [4.78, 5) is 25.6. The summed E-state index contributed by atoms with van der Waals surface area (Å²) < 4.78 is 5.30. The van der Waals surface area contributed by atoms with Crippen molar-refractivity contribution in [2.75, 3.05) is 18.1 Å². The molecule has 118 valence electrons. The summed E-state index contributed by atoms with van der Waals surface area (Å²) in [5.41, 5.74) is 0.521. The van der Waals surface area contributed by atoms with Crippen LogP contribution in [0.2, 0.25) is 0 Å². The molecular formula is C16H20N2O4. The number of anilines is 1. The molecular weight excluding hydrogens is 284 g/mol. The van der Waals surface area contributed by atoms with Crippen LogP contribution >= 0.6 is 0 Å². The molecule has 22 heavy (non-hydrogen) atoms. The average molecular weight is 304 g/mol. The predicted molar refractivity (Wildman–Crippen MR) is 81.0 cm³/mol. The Bertz CT molecular complexity index is 582. The summed E-state index contributed by atoms with van der Waals surface area (Å²) in [5, 5.41) is 12.5. The Morgan fingerprint density at radius 1 is 1.32 bits per heavy atom. The minimum Gasteiger partial charge on any atom is -0.508 e. The number of amides is 2. The van der Waals surface area contributed by atoms with Gasteiger partial charge in [0.15, 0.2) is 6.61 Å². The molecule has 2 amide bonds. The van der Waals surface area contributed by atoms with Crippen molar-refractivity contribution in [2.24, 2.45) is 0 Å². The first-order valence-electron chi connectivity index (χ1n) is 7.69. The van der Waals surface area contributed by atoms with Crippen LogP contribution in [0.1, 0.15) is 32.1 Å².